The number of hydrogen-bond acceptors (Lipinski definition) is 4. The second-order valence-corrected chi connectivity index (χ2v) is 9.10. The predicted octanol–water partition coefficient (Wildman–Crippen LogP) is 5.50. The van der Waals surface area contributed by atoms with E-state index >= 15 is 0 Å². The highest BCUT2D eigenvalue weighted by atomic mass is 32.2. The van der Waals surface area contributed by atoms with Crippen LogP contribution in [-0.4, -0.2) is 23.2 Å². The third kappa shape index (κ3) is 3.31. The molecule has 0 radical (unpaired) electrons. The number of aliphatic hydroxyl groups excluding tert-OH is 1. The summed E-state index contributed by atoms with van der Waals surface area (Å²) in [6, 6.07) is 12.6. The average Bonchev–Trinajstić information content (AvgIpc) is 3.01. The van der Waals surface area contributed by atoms with Gasteiger partial charge >= 0.3 is 0 Å². The Morgan fingerprint density at radius 2 is 1.96 bits per heavy atom. The van der Waals surface area contributed by atoms with Gasteiger partial charge in [-0.25, -0.2) is 0 Å². The highest BCUT2D eigenvalue weighted by Gasteiger charge is 2.33. The van der Waals surface area contributed by atoms with Gasteiger partial charge in [0.2, 0.25) is 0 Å². The normalized spacial score (nSPS) is 16.0. The standard InChI is InChI=1S/C21H22O2S2/c1-14-7-16(23-11-21(2)12-24-13-21)4-5-17(14)19-10-25-20-6-3-15(9-22)8-18(19)20/h3-8,10,22H,9,11-13H2,1-2H3. The molecule has 0 atom stereocenters. The van der Waals surface area contributed by atoms with Gasteiger partial charge in [-0.05, 0) is 53.3 Å². The Bertz CT molecular complexity index is 909. The SMILES string of the molecule is Cc1cc(OCC2(C)CSC2)ccc1-c1csc2ccc(CO)cc12. The van der Waals surface area contributed by atoms with E-state index in [2.05, 4.69) is 49.6 Å². The zero-order chi connectivity index (χ0) is 17.4. The smallest absolute Gasteiger partial charge is 0.119 e. The molecule has 0 amide bonds. The fourth-order valence-corrected chi connectivity index (χ4v) is 5.21. The van der Waals surface area contributed by atoms with Gasteiger partial charge in [0.15, 0.2) is 0 Å². The van der Waals surface area contributed by atoms with E-state index in [4.69, 9.17) is 4.74 Å². The minimum Gasteiger partial charge on any atom is -0.493 e. The van der Waals surface area contributed by atoms with E-state index in [-0.39, 0.29) is 6.61 Å². The molecule has 4 rings (SSSR count). The van der Waals surface area contributed by atoms with Crippen LogP contribution in [-0.2, 0) is 6.61 Å². The number of hydrogen-bond donors (Lipinski definition) is 1. The quantitative estimate of drug-likeness (QED) is 0.643. The van der Waals surface area contributed by atoms with Crippen LogP contribution in [0.3, 0.4) is 0 Å². The van der Waals surface area contributed by atoms with E-state index in [1.807, 2.05) is 17.8 Å². The van der Waals surface area contributed by atoms with Gasteiger partial charge in [0.1, 0.15) is 5.75 Å². The van der Waals surface area contributed by atoms with Crippen molar-refractivity contribution in [1.29, 1.82) is 0 Å². The molecule has 3 aromatic rings. The lowest BCUT2D eigenvalue weighted by molar-refractivity contribution is 0.196. The molecule has 0 spiro atoms. The van der Waals surface area contributed by atoms with Crippen molar-refractivity contribution in [3.63, 3.8) is 0 Å². The number of aliphatic hydroxyl groups is 1. The molecule has 2 nitrogen and oxygen atoms in total. The third-order valence-electron chi connectivity index (χ3n) is 4.80. The van der Waals surface area contributed by atoms with Crippen LogP contribution in [0.2, 0.25) is 0 Å². The van der Waals surface area contributed by atoms with Crippen LogP contribution < -0.4 is 4.74 Å². The van der Waals surface area contributed by atoms with Crippen molar-refractivity contribution in [2.24, 2.45) is 5.41 Å². The summed E-state index contributed by atoms with van der Waals surface area (Å²) in [5.41, 5.74) is 4.98. The highest BCUT2D eigenvalue weighted by molar-refractivity contribution is 8.00. The molecule has 1 aliphatic rings. The Morgan fingerprint density at radius 3 is 2.64 bits per heavy atom. The average molecular weight is 371 g/mol. The van der Waals surface area contributed by atoms with Crippen molar-refractivity contribution in [2.45, 2.75) is 20.5 Å². The molecule has 1 aliphatic heterocycles. The summed E-state index contributed by atoms with van der Waals surface area (Å²) in [7, 11) is 0. The van der Waals surface area contributed by atoms with E-state index in [0.717, 1.165) is 17.9 Å². The number of thiophene rings is 1. The van der Waals surface area contributed by atoms with Gasteiger partial charge in [-0.1, -0.05) is 19.1 Å². The van der Waals surface area contributed by atoms with Crippen molar-refractivity contribution >= 4 is 33.2 Å². The monoisotopic (exact) mass is 370 g/mol. The van der Waals surface area contributed by atoms with Crippen molar-refractivity contribution in [2.75, 3.05) is 18.1 Å². The van der Waals surface area contributed by atoms with Crippen LogP contribution in [0.25, 0.3) is 21.2 Å². The van der Waals surface area contributed by atoms with Gasteiger partial charge in [0.05, 0.1) is 13.2 Å². The van der Waals surface area contributed by atoms with Gasteiger partial charge in [-0.3, -0.25) is 0 Å². The number of benzene rings is 2. The Balaban J connectivity index is 1.62. The Kier molecular flexibility index (Phi) is 4.52. The van der Waals surface area contributed by atoms with Crippen molar-refractivity contribution in [3.8, 4) is 16.9 Å². The Labute approximate surface area is 156 Å². The van der Waals surface area contributed by atoms with E-state index < -0.39 is 0 Å². The predicted molar refractivity (Wildman–Crippen MR) is 109 cm³/mol. The Hall–Kier alpha value is -1.49. The van der Waals surface area contributed by atoms with Crippen molar-refractivity contribution < 1.29 is 9.84 Å². The second kappa shape index (κ2) is 6.67. The van der Waals surface area contributed by atoms with Gasteiger partial charge < -0.3 is 9.84 Å². The number of ether oxygens (including phenoxy) is 1. The van der Waals surface area contributed by atoms with Gasteiger partial charge in [-0.15, -0.1) is 11.3 Å². The molecule has 0 aliphatic carbocycles. The van der Waals surface area contributed by atoms with Crippen molar-refractivity contribution in [1.82, 2.24) is 0 Å². The van der Waals surface area contributed by atoms with Crippen LogP contribution in [0.1, 0.15) is 18.1 Å². The zero-order valence-corrected chi connectivity index (χ0v) is 16.2. The van der Waals surface area contributed by atoms with Crippen LogP contribution in [0.15, 0.2) is 41.8 Å². The van der Waals surface area contributed by atoms with E-state index in [1.165, 1.54) is 38.3 Å². The van der Waals surface area contributed by atoms with E-state index in [9.17, 15) is 5.11 Å². The van der Waals surface area contributed by atoms with E-state index in [1.54, 1.807) is 11.3 Å². The lowest BCUT2D eigenvalue weighted by Crippen LogP contribution is -2.38. The van der Waals surface area contributed by atoms with Crippen LogP contribution in [0, 0.1) is 12.3 Å². The molecule has 1 saturated heterocycles. The summed E-state index contributed by atoms with van der Waals surface area (Å²) in [4.78, 5) is 0. The number of rotatable bonds is 5. The maximum Gasteiger partial charge on any atom is 0.119 e. The lowest BCUT2D eigenvalue weighted by Gasteiger charge is -2.37. The molecule has 1 aromatic heterocycles. The highest BCUT2D eigenvalue weighted by Crippen LogP contribution is 2.39. The van der Waals surface area contributed by atoms with Gasteiger partial charge in [0, 0.05) is 32.6 Å². The number of thioether (sulfide) groups is 1. The molecule has 2 heterocycles. The van der Waals surface area contributed by atoms with Crippen molar-refractivity contribution in [3.05, 3.63) is 52.9 Å². The number of fused-ring (bicyclic) bond motifs is 1. The molecular formula is C21H22O2S2. The largest absolute Gasteiger partial charge is 0.493 e. The van der Waals surface area contributed by atoms with E-state index in [0.29, 0.717) is 5.41 Å². The summed E-state index contributed by atoms with van der Waals surface area (Å²) < 4.78 is 7.30. The summed E-state index contributed by atoms with van der Waals surface area (Å²) in [5, 5.41) is 12.8. The first-order chi connectivity index (χ1) is 12.1. The summed E-state index contributed by atoms with van der Waals surface area (Å²) in [5.74, 6) is 3.34. The fourth-order valence-electron chi connectivity index (χ4n) is 3.20. The molecule has 2 aromatic carbocycles. The van der Waals surface area contributed by atoms with Crippen LogP contribution in [0.4, 0.5) is 0 Å². The lowest BCUT2D eigenvalue weighted by atomic mass is 9.96. The number of aryl methyl sites for hydroxylation is 1. The van der Waals surface area contributed by atoms with Gasteiger partial charge in [0.25, 0.3) is 0 Å². The first kappa shape index (κ1) is 17.0. The van der Waals surface area contributed by atoms with Gasteiger partial charge in [-0.2, -0.15) is 11.8 Å². The minimum atomic E-state index is 0.0774. The molecule has 0 bridgehead atoms. The molecule has 0 unspecified atom stereocenters. The van der Waals surface area contributed by atoms with Crippen LogP contribution >= 0.6 is 23.1 Å². The minimum absolute atomic E-state index is 0.0774. The molecule has 130 valence electrons. The molecule has 1 fully saturated rings. The summed E-state index contributed by atoms with van der Waals surface area (Å²) in [6.07, 6.45) is 0. The molecule has 1 N–H and O–H groups in total. The molecule has 4 heteroatoms. The molecule has 25 heavy (non-hydrogen) atoms. The Morgan fingerprint density at radius 1 is 1.12 bits per heavy atom. The summed E-state index contributed by atoms with van der Waals surface area (Å²) >= 11 is 3.74. The fraction of sp³-hybridized carbons (Fsp3) is 0.333. The topological polar surface area (TPSA) is 29.5 Å². The zero-order valence-electron chi connectivity index (χ0n) is 14.5. The maximum atomic E-state index is 9.42. The first-order valence-electron chi connectivity index (χ1n) is 8.51. The molecule has 0 saturated carbocycles. The molecular weight excluding hydrogens is 348 g/mol. The third-order valence-corrected chi connectivity index (χ3v) is 7.56. The second-order valence-electron chi connectivity index (χ2n) is 7.21. The maximum absolute atomic E-state index is 9.42. The van der Waals surface area contributed by atoms with Crippen LogP contribution in [0.5, 0.6) is 5.75 Å². The summed E-state index contributed by atoms with van der Waals surface area (Å²) in [6.45, 7) is 5.30. The first-order valence-corrected chi connectivity index (χ1v) is 10.5.